The normalized spacial score (nSPS) is 19.7. The van der Waals surface area contributed by atoms with Gasteiger partial charge in [-0.05, 0) is 74.8 Å². The topological polar surface area (TPSA) is 128 Å². The molecule has 5 heterocycles. The zero-order valence-corrected chi connectivity index (χ0v) is 25.2. The summed E-state index contributed by atoms with van der Waals surface area (Å²) < 4.78 is 15.5. The highest BCUT2D eigenvalue weighted by Gasteiger charge is 2.32. The van der Waals surface area contributed by atoms with Crippen LogP contribution >= 0.6 is 0 Å². The van der Waals surface area contributed by atoms with E-state index in [0.717, 1.165) is 42.5 Å². The minimum absolute atomic E-state index is 0.0627. The first-order chi connectivity index (χ1) is 21.4. The van der Waals surface area contributed by atoms with E-state index >= 15 is 0 Å². The van der Waals surface area contributed by atoms with E-state index in [2.05, 4.69) is 25.2 Å². The zero-order chi connectivity index (χ0) is 30.2. The highest BCUT2D eigenvalue weighted by Crippen LogP contribution is 2.41. The van der Waals surface area contributed by atoms with Crippen LogP contribution in [0.4, 0.5) is 11.6 Å². The Labute approximate surface area is 255 Å². The molecular formula is C32H38N8O4. The number of aryl methyl sites for hydroxylation is 2. The van der Waals surface area contributed by atoms with Gasteiger partial charge >= 0.3 is 0 Å². The highest BCUT2D eigenvalue weighted by atomic mass is 16.5. The molecule has 2 fully saturated rings. The Kier molecular flexibility index (Phi) is 7.77. The van der Waals surface area contributed by atoms with Gasteiger partial charge in [-0.25, -0.2) is 9.67 Å². The van der Waals surface area contributed by atoms with Crippen molar-refractivity contribution in [1.82, 2.24) is 29.2 Å². The molecule has 2 bridgehead atoms. The van der Waals surface area contributed by atoms with Crippen LogP contribution in [-0.2, 0) is 23.1 Å². The van der Waals surface area contributed by atoms with Gasteiger partial charge in [-0.2, -0.15) is 5.10 Å². The molecule has 1 saturated carbocycles. The second-order valence-electron chi connectivity index (χ2n) is 12.1. The summed E-state index contributed by atoms with van der Waals surface area (Å²) >= 11 is 0. The number of amides is 2. The molecule has 12 nitrogen and oxygen atoms in total. The van der Waals surface area contributed by atoms with Gasteiger partial charge in [0.1, 0.15) is 0 Å². The number of pyridine rings is 1. The summed E-state index contributed by atoms with van der Waals surface area (Å²) in [6.45, 7) is 6.24. The lowest BCUT2D eigenvalue weighted by atomic mass is 9.97. The van der Waals surface area contributed by atoms with Gasteiger partial charge in [-0.15, -0.1) is 0 Å². The molecule has 1 saturated heterocycles. The molecule has 0 radical (unpaired) electrons. The van der Waals surface area contributed by atoms with E-state index in [1.807, 2.05) is 32.2 Å². The summed E-state index contributed by atoms with van der Waals surface area (Å²) in [6, 6.07) is 9.29. The number of ether oxygens (including phenoxy) is 2. The Morgan fingerprint density at radius 3 is 2.73 bits per heavy atom. The number of benzene rings is 1. The van der Waals surface area contributed by atoms with Crippen molar-refractivity contribution < 1.29 is 19.1 Å². The van der Waals surface area contributed by atoms with E-state index in [-0.39, 0.29) is 11.8 Å². The molecule has 2 aliphatic heterocycles. The molecule has 2 amide bonds. The SMILES string of the molecule is Cc1cc2cc(n1)-c1cnn(C)c1OCCCC(C1CC1)Cn1c(nc3ccc(NC(=O)CN4CCOCC4)cc31)NC2=O. The predicted molar refractivity (Wildman–Crippen MR) is 166 cm³/mol. The fourth-order valence-electron chi connectivity index (χ4n) is 6.32. The number of rotatable bonds is 4. The monoisotopic (exact) mass is 598 g/mol. The summed E-state index contributed by atoms with van der Waals surface area (Å²) in [5, 5.41) is 10.6. The molecule has 12 heteroatoms. The van der Waals surface area contributed by atoms with Crippen LogP contribution < -0.4 is 15.4 Å². The molecule has 0 spiro atoms. The molecule has 2 N–H and O–H groups in total. The molecular weight excluding hydrogens is 560 g/mol. The Morgan fingerprint density at radius 1 is 1.07 bits per heavy atom. The Bertz CT molecular complexity index is 1700. The average molecular weight is 599 g/mol. The largest absolute Gasteiger partial charge is 0.477 e. The number of hydrogen-bond acceptors (Lipinski definition) is 8. The smallest absolute Gasteiger partial charge is 0.258 e. The summed E-state index contributed by atoms with van der Waals surface area (Å²) in [4.78, 5) is 38.3. The third-order valence-corrected chi connectivity index (χ3v) is 8.77. The number of carbonyl (C=O) groups excluding carboxylic acids is 2. The van der Waals surface area contributed by atoms with Gasteiger partial charge in [0.25, 0.3) is 5.91 Å². The lowest BCUT2D eigenvalue weighted by molar-refractivity contribution is -0.118. The first kappa shape index (κ1) is 28.5. The third-order valence-electron chi connectivity index (χ3n) is 8.77. The number of fused-ring (bicyclic) bond motifs is 7. The summed E-state index contributed by atoms with van der Waals surface area (Å²) in [5.41, 5.74) is 4.93. The van der Waals surface area contributed by atoms with Gasteiger partial charge in [0.05, 0.1) is 54.9 Å². The van der Waals surface area contributed by atoms with Gasteiger partial charge in [0, 0.05) is 43.6 Å². The minimum Gasteiger partial charge on any atom is -0.477 e. The lowest BCUT2D eigenvalue weighted by Gasteiger charge is -2.25. The van der Waals surface area contributed by atoms with Gasteiger partial charge in [-0.1, -0.05) is 0 Å². The highest BCUT2D eigenvalue weighted by molar-refractivity contribution is 6.05. The maximum absolute atomic E-state index is 13.7. The van der Waals surface area contributed by atoms with Crippen LogP contribution in [0.25, 0.3) is 22.3 Å². The van der Waals surface area contributed by atoms with Crippen molar-refractivity contribution in [3.63, 3.8) is 0 Å². The average Bonchev–Trinajstić information content (AvgIpc) is 3.71. The first-order valence-electron chi connectivity index (χ1n) is 15.5. The van der Waals surface area contributed by atoms with Crippen LogP contribution in [0.2, 0.25) is 0 Å². The van der Waals surface area contributed by atoms with Gasteiger partial charge in [0.15, 0.2) is 0 Å². The predicted octanol–water partition coefficient (Wildman–Crippen LogP) is 3.86. The fourth-order valence-corrected chi connectivity index (χ4v) is 6.32. The van der Waals surface area contributed by atoms with Gasteiger partial charge in [-0.3, -0.25) is 24.8 Å². The van der Waals surface area contributed by atoms with Crippen LogP contribution in [0.5, 0.6) is 5.88 Å². The minimum atomic E-state index is -0.267. The second-order valence-corrected chi connectivity index (χ2v) is 12.1. The van der Waals surface area contributed by atoms with Crippen LogP contribution in [0.1, 0.15) is 41.7 Å². The number of nitrogens with one attached hydrogen (secondary N) is 2. The van der Waals surface area contributed by atoms with E-state index in [1.165, 1.54) is 12.8 Å². The van der Waals surface area contributed by atoms with Crippen molar-refractivity contribution in [2.24, 2.45) is 18.9 Å². The van der Waals surface area contributed by atoms with Crippen molar-refractivity contribution in [3.8, 4) is 17.1 Å². The zero-order valence-electron chi connectivity index (χ0n) is 25.2. The molecule has 1 aromatic carbocycles. The van der Waals surface area contributed by atoms with Crippen molar-refractivity contribution >= 4 is 34.5 Å². The summed E-state index contributed by atoms with van der Waals surface area (Å²) in [7, 11) is 1.85. The number of nitrogens with zero attached hydrogens (tertiary/aromatic N) is 6. The molecule has 1 atom stereocenters. The van der Waals surface area contributed by atoms with Crippen LogP contribution in [0.3, 0.4) is 0 Å². The number of aromatic nitrogens is 5. The van der Waals surface area contributed by atoms with E-state index < -0.39 is 0 Å². The standard InChI is InChI=1S/C32H38N8O4/c1-20-14-23-15-27(34-20)25-17-33-38(2)31(25)44-11-3-4-22(21-5-6-21)18-40-28-16-24(7-8-26(28)36-32(40)37-30(23)42)35-29(41)19-39-9-12-43-13-10-39/h7-8,14-17,21-22H,3-6,9-13,18-19H2,1-2H3,(H,35,41)(H,36,37,42). The number of imidazole rings is 1. The van der Waals surface area contributed by atoms with Crippen LogP contribution in [0.15, 0.2) is 36.5 Å². The maximum Gasteiger partial charge on any atom is 0.258 e. The molecule has 1 unspecified atom stereocenters. The van der Waals surface area contributed by atoms with E-state index in [9.17, 15) is 9.59 Å². The van der Waals surface area contributed by atoms with Gasteiger partial charge in [0.2, 0.25) is 17.7 Å². The van der Waals surface area contributed by atoms with Crippen molar-refractivity contribution in [2.75, 3.05) is 50.1 Å². The Morgan fingerprint density at radius 2 is 1.91 bits per heavy atom. The van der Waals surface area contributed by atoms with E-state index in [0.29, 0.717) is 79.2 Å². The first-order valence-corrected chi connectivity index (χ1v) is 15.5. The van der Waals surface area contributed by atoms with E-state index in [4.69, 9.17) is 19.4 Å². The molecule has 3 aliphatic rings. The molecule has 230 valence electrons. The lowest BCUT2D eigenvalue weighted by Crippen LogP contribution is -2.41. The Balaban J connectivity index is 1.23. The number of hydrogen-bond donors (Lipinski definition) is 2. The third kappa shape index (κ3) is 6.04. The number of anilines is 2. The van der Waals surface area contributed by atoms with Crippen molar-refractivity contribution in [3.05, 3.63) is 47.8 Å². The Hall–Kier alpha value is -4.29. The van der Waals surface area contributed by atoms with Crippen molar-refractivity contribution in [2.45, 2.75) is 39.2 Å². The molecule has 3 aromatic heterocycles. The molecule has 1 aliphatic carbocycles. The summed E-state index contributed by atoms with van der Waals surface area (Å²) in [5.74, 6) is 1.83. The second kappa shape index (κ2) is 12.0. The number of carbonyl (C=O) groups is 2. The fraction of sp³-hybridized carbons (Fsp3) is 0.469. The van der Waals surface area contributed by atoms with Crippen LogP contribution in [0, 0.1) is 18.8 Å². The van der Waals surface area contributed by atoms with E-state index in [1.54, 1.807) is 23.0 Å². The summed E-state index contributed by atoms with van der Waals surface area (Å²) in [6.07, 6.45) is 6.00. The van der Waals surface area contributed by atoms with Crippen molar-refractivity contribution in [1.29, 1.82) is 0 Å². The van der Waals surface area contributed by atoms with Gasteiger partial charge < -0.3 is 19.4 Å². The number of morpholine rings is 1. The van der Waals surface area contributed by atoms with Crippen LogP contribution in [-0.4, -0.2) is 80.5 Å². The quantitative estimate of drug-likeness (QED) is 0.363. The maximum atomic E-state index is 13.7. The molecule has 4 aromatic rings. The molecule has 7 rings (SSSR count). The molecule has 44 heavy (non-hydrogen) atoms.